The predicted octanol–water partition coefficient (Wildman–Crippen LogP) is 1.04. The first-order valence-corrected chi connectivity index (χ1v) is 4.82. The summed E-state index contributed by atoms with van der Waals surface area (Å²) in [4.78, 5) is 3.85. The number of halogens is 3. The van der Waals surface area contributed by atoms with Gasteiger partial charge in [0, 0.05) is 18.9 Å². The maximum atomic E-state index is 12.9. The first-order valence-electron chi connectivity index (χ1n) is 4.82. The monoisotopic (exact) mass is 245 g/mol. The number of hydrogen-bond acceptors (Lipinski definition) is 3. The Kier molecular flexibility index (Phi) is 2.59. The van der Waals surface area contributed by atoms with Gasteiger partial charge in [0.2, 0.25) is 5.60 Å². The van der Waals surface area contributed by atoms with Crippen molar-refractivity contribution in [1.29, 1.82) is 0 Å². The molecule has 2 heterocycles. The van der Waals surface area contributed by atoms with Crippen LogP contribution in [-0.2, 0) is 5.60 Å². The van der Waals surface area contributed by atoms with Crippen LogP contribution in [0.3, 0.4) is 0 Å². The highest BCUT2D eigenvalue weighted by atomic mass is 19.4. The summed E-state index contributed by atoms with van der Waals surface area (Å²) in [7, 11) is 0. The van der Waals surface area contributed by atoms with E-state index in [1.54, 1.807) is 0 Å². The van der Waals surface area contributed by atoms with Crippen LogP contribution in [0.15, 0.2) is 30.6 Å². The van der Waals surface area contributed by atoms with Crippen LogP contribution < -0.4 is 5.73 Å². The number of pyridine rings is 1. The Morgan fingerprint density at radius 3 is 2.65 bits per heavy atom. The Morgan fingerprint density at radius 1 is 1.35 bits per heavy atom. The SMILES string of the molecule is NCC(O)(c1cccc2nccn12)C(F)(F)F. The molecule has 2 rings (SSSR count). The molecule has 0 aliphatic rings. The van der Waals surface area contributed by atoms with Crippen molar-refractivity contribution in [1.82, 2.24) is 9.38 Å². The normalized spacial score (nSPS) is 16.1. The van der Waals surface area contributed by atoms with Gasteiger partial charge in [-0.25, -0.2) is 4.98 Å². The summed E-state index contributed by atoms with van der Waals surface area (Å²) in [5.41, 5.74) is 1.98. The topological polar surface area (TPSA) is 63.5 Å². The van der Waals surface area contributed by atoms with Gasteiger partial charge in [-0.1, -0.05) is 6.07 Å². The van der Waals surface area contributed by atoms with Crippen LogP contribution >= 0.6 is 0 Å². The summed E-state index contributed by atoms with van der Waals surface area (Å²) >= 11 is 0. The Hall–Kier alpha value is -1.60. The number of nitrogens with two attached hydrogens (primary N) is 1. The second-order valence-corrected chi connectivity index (χ2v) is 3.63. The standard InChI is InChI=1S/C10H10F3N3O/c11-10(12,13)9(17,6-14)7-2-1-3-8-15-4-5-16(7)8/h1-5,17H,6,14H2. The fraction of sp³-hybridized carbons (Fsp3) is 0.300. The first kappa shape index (κ1) is 11.9. The molecule has 3 N–H and O–H groups in total. The van der Waals surface area contributed by atoms with E-state index in [0.29, 0.717) is 5.65 Å². The van der Waals surface area contributed by atoms with Gasteiger partial charge in [-0.05, 0) is 12.1 Å². The van der Waals surface area contributed by atoms with Crippen molar-refractivity contribution in [2.45, 2.75) is 11.8 Å². The molecule has 0 saturated carbocycles. The molecule has 2 aromatic heterocycles. The highest BCUT2D eigenvalue weighted by Gasteiger charge is 2.55. The number of imidazole rings is 1. The highest BCUT2D eigenvalue weighted by Crippen LogP contribution is 2.38. The van der Waals surface area contributed by atoms with E-state index in [2.05, 4.69) is 4.98 Å². The van der Waals surface area contributed by atoms with E-state index in [0.717, 1.165) is 0 Å². The Balaban J connectivity index is 2.70. The van der Waals surface area contributed by atoms with E-state index in [4.69, 9.17) is 5.73 Å². The molecule has 7 heteroatoms. The first-order chi connectivity index (χ1) is 7.90. The molecule has 0 fully saturated rings. The van der Waals surface area contributed by atoms with E-state index in [1.807, 2.05) is 0 Å². The molecule has 1 atom stereocenters. The lowest BCUT2D eigenvalue weighted by Gasteiger charge is -2.29. The zero-order chi connectivity index (χ0) is 12.7. The number of hydrogen-bond donors (Lipinski definition) is 2. The number of aromatic nitrogens is 2. The molecule has 0 radical (unpaired) electrons. The number of nitrogens with zero attached hydrogens (tertiary/aromatic N) is 2. The van der Waals surface area contributed by atoms with Gasteiger partial charge in [0.25, 0.3) is 0 Å². The number of aliphatic hydroxyl groups is 1. The third kappa shape index (κ3) is 1.67. The minimum Gasteiger partial charge on any atom is -0.374 e. The van der Waals surface area contributed by atoms with Gasteiger partial charge in [-0.15, -0.1) is 0 Å². The van der Waals surface area contributed by atoms with Crippen LogP contribution in [0.25, 0.3) is 5.65 Å². The molecule has 92 valence electrons. The predicted molar refractivity (Wildman–Crippen MR) is 54.2 cm³/mol. The average Bonchev–Trinajstić information content (AvgIpc) is 2.73. The number of alkyl halides is 3. The maximum absolute atomic E-state index is 12.9. The Labute approximate surface area is 94.5 Å². The molecule has 1 unspecified atom stereocenters. The van der Waals surface area contributed by atoms with Gasteiger partial charge in [0.05, 0.1) is 5.69 Å². The zero-order valence-corrected chi connectivity index (χ0v) is 8.65. The minimum atomic E-state index is -4.85. The fourth-order valence-electron chi connectivity index (χ4n) is 1.65. The van der Waals surface area contributed by atoms with Crippen molar-refractivity contribution in [3.8, 4) is 0 Å². The molecule has 2 aromatic rings. The van der Waals surface area contributed by atoms with E-state index < -0.39 is 18.3 Å². The largest absolute Gasteiger partial charge is 0.424 e. The van der Waals surface area contributed by atoms with Gasteiger partial charge < -0.3 is 15.2 Å². The van der Waals surface area contributed by atoms with E-state index in [-0.39, 0.29) is 5.69 Å². The van der Waals surface area contributed by atoms with Crippen LogP contribution in [-0.4, -0.2) is 27.2 Å². The summed E-state index contributed by atoms with van der Waals surface area (Å²) in [5.74, 6) is 0. The minimum absolute atomic E-state index is 0.318. The molecule has 0 aliphatic heterocycles. The summed E-state index contributed by atoms with van der Waals surface area (Å²) in [6, 6.07) is 4.11. The van der Waals surface area contributed by atoms with E-state index in [9.17, 15) is 18.3 Å². The van der Waals surface area contributed by atoms with Gasteiger partial charge in [-0.3, -0.25) is 0 Å². The second-order valence-electron chi connectivity index (χ2n) is 3.63. The van der Waals surface area contributed by atoms with Gasteiger partial charge in [0.15, 0.2) is 0 Å². The lowest BCUT2D eigenvalue weighted by atomic mass is 9.98. The molecule has 17 heavy (non-hydrogen) atoms. The van der Waals surface area contributed by atoms with Crippen molar-refractivity contribution in [3.05, 3.63) is 36.3 Å². The van der Waals surface area contributed by atoms with Crippen LogP contribution in [0, 0.1) is 0 Å². The maximum Gasteiger partial charge on any atom is 0.424 e. The van der Waals surface area contributed by atoms with E-state index >= 15 is 0 Å². The average molecular weight is 245 g/mol. The molecular weight excluding hydrogens is 235 g/mol. The third-order valence-corrected chi connectivity index (χ3v) is 2.62. The molecule has 4 nitrogen and oxygen atoms in total. The van der Waals surface area contributed by atoms with Crippen molar-refractivity contribution in [2.24, 2.45) is 5.73 Å². The fourth-order valence-corrected chi connectivity index (χ4v) is 1.65. The Bertz CT molecular complexity index is 537. The molecule has 0 amide bonds. The number of fused-ring (bicyclic) bond motifs is 1. The van der Waals surface area contributed by atoms with Crippen LogP contribution in [0.1, 0.15) is 5.69 Å². The quantitative estimate of drug-likeness (QED) is 0.831. The van der Waals surface area contributed by atoms with Crippen molar-refractivity contribution < 1.29 is 18.3 Å². The van der Waals surface area contributed by atoms with Crippen molar-refractivity contribution in [3.63, 3.8) is 0 Å². The third-order valence-electron chi connectivity index (χ3n) is 2.62. The van der Waals surface area contributed by atoms with Crippen LogP contribution in [0.4, 0.5) is 13.2 Å². The smallest absolute Gasteiger partial charge is 0.374 e. The van der Waals surface area contributed by atoms with Gasteiger partial charge in [0.1, 0.15) is 5.65 Å². The summed E-state index contributed by atoms with van der Waals surface area (Å²) < 4.78 is 39.7. The number of rotatable bonds is 2. The molecule has 0 saturated heterocycles. The summed E-state index contributed by atoms with van der Waals surface area (Å²) in [6.45, 7) is -0.951. The van der Waals surface area contributed by atoms with Crippen LogP contribution in [0.5, 0.6) is 0 Å². The van der Waals surface area contributed by atoms with Crippen molar-refractivity contribution >= 4 is 5.65 Å². The molecule has 0 spiro atoms. The highest BCUT2D eigenvalue weighted by molar-refractivity contribution is 5.41. The molecule has 0 bridgehead atoms. The van der Waals surface area contributed by atoms with E-state index in [1.165, 1.54) is 35.0 Å². The van der Waals surface area contributed by atoms with Gasteiger partial charge in [-0.2, -0.15) is 13.2 Å². The second kappa shape index (κ2) is 3.71. The summed E-state index contributed by atoms with van der Waals surface area (Å²) in [5, 5.41) is 9.75. The van der Waals surface area contributed by atoms with Gasteiger partial charge >= 0.3 is 6.18 Å². The molecule has 0 aliphatic carbocycles. The Morgan fingerprint density at radius 2 is 2.06 bits per heavy atom. The lowest BCUT2D eigenvalue weighted by molar-refractivity contribution is -0.263. The van der Waals surface area contributed by atoms with Crippen LogP contribution in [0.2, 0.25) is 0 Å². The molecular formula is C10H10F3N3O. The van der Waals surface area contributed by atoms with Crippen molar-refractivity contribution in [2.75, 3.05) is 6.54 Å². The summed E-state index contributed by atoms with van der Waals surface area (Å²) in [6.07, 6.45) is -2.15. The lowest BCUT2D eigenvalue weighted by Crippen LogP contribution is -2.49. The molecule has 0 aromatic carbocycles. The zero-order valence-electron chi connectivity index (χ0n) is 8.65.